The van der Waals surface area contributed by atoms with E-state index in [9.17, 15) is 0 Å². The van der Waals surface area contributed by atoms with Crippen molar-refractivity contribution >= 4 is 11.6 Å². The molecule has 0 saturated carbocycles. The number of nitrogens with zero attached hydrogens (tertiary/aromatic N) is 1. The van der Waals surface area contributed by atoms with E-state index >= 15 is 0 Å². The zero-order chi connectivity index (χ0) is 6.69. The normalized spacial score (nSPS) is 8.60. The molecule has 0 aromatic carbocycles. The standard InChI is InChI=1S/C6H5ClNO.Y/c7-6-2-1-5(4-9)3-8-6;/h1,3,9H,4H2;/q-1;. The smallest absolute Gasteiger partial charge is 0.0376 e. The molecular formula is C6H5ClNOY-. The van der Waals surface area contributed by atoms with Crippen LogP contribution in [0.3, 0.4) is 0 Å². The largest absolute Gasteiger partial charge is 0.410 e. The van der Waals surface area contributed by atoms with Gasteiger partial charge in [-0.3, -0.25) is 4.98 Å². The molecule has 2 nitrogen and oxygen atoms in total. The monoisotopic (exact) mass is 231 g/mol. The predicted octanol–water partition coefficient (Wildman–Crippen LogP) is 1.02. The van der Waals surface area contributed by atoms with E-state index in [0.29, 0.717) is 5.15 Å². The summed E-state index contributed by atoms with van der Waals surface area (Å²) in [6, 6.07) is 4.25. The van der Waals surface area contributed by atoms with E-state index in [-0.39, 0.29) is 39.3 Å². The fourth-order valence-corrected chi connectivity index (χ4v) is 0.556. The average molecular weight is 231 g/mol. The number of aliphatic hydroxyl groups is 1. The molecule has 51 valence electrons. The molecule has 10 heavy (non-hydrogen) atoms. The van der Waals surface area contributed by atoms with Gasteiger partial charge in [-0.25, -0.2) is 12.1 Å². The summed E-state index contributed by atoms with van der Waals surface area (Å²) in [5.74, 6) is 0. The first-order valence-electron chi connectivity index (χ1n) is 2.46. The Morgan fingerprint density at radius 3 is 2.80 bits per heavy atom. The van der Waals surface area contributed by atoms with Crippen molar-refractivity contribution in [1.82, 2.24) is 4.98 Å². The van der Waals surface area contributed by atoms with E-state index < -0.39 is 0 Å². The number of pyridine rings is 1. The van der Waals surface area contributed by atoms with Crippen LogP contribution in [0, 0.1) is 6.07 Å². The first-order chi connectivity index (χ1) is 4.33. The molecule has 0 atom stereocenters. The molecule has 1 aromatic heterocycles. The molecule has 0 amide bonds. The minimum Gasteiger partial charge on any atom is -0.410 e. The Balaban J connectivity index is 0.000000810. The van der Waals surface area contributed by atoms with Crippen LogP contribution in [0.25, 0.3) is 0 Å². The van der Waals surface area contributed by atoms with Gasteiger partial charge in [0.25, 0.3) is 0 Å². The van der Waals surface area contributed by atoms with Crippen molar-refractivity contribution in [2.24, 2.45) is 0 Å². The van der Waals surface area contributed by atoms with Gasteiger partial charge in [0.1, 0.15) is 0 Å². The second-order valence-electron chi connectivity index (χ2n) is 1.57. The molecule has 0 fully saturated rings. The fourth-order valence-electron chi connectivity index (χ4n) is 0.453. The van der Waals surface area contributed by atoms with Crippen LogP contribution >= 0.6 is 11.6 Å². The van der Waals surface area contributed by atoms with Gasteiger partial charge in [-0.1, -0.05) is 11.6 Å². The van der Waals surface area contributed by atoms with Crippen LogP contribution in [-0.2, 0) is 39.3 Å². The minimum atomic E-state index is -0.0132. The predicted molar refractivity (Wildman–Crippen MR) is 34.0 cm³/mol. The third kappa shape index (κ3) is 3.06. The molecule has 0 unspecified atom stereocenters. The molecule has 0 aliphatic rings. The van der Waals surface area contributed by atoms with Crippen LogP contribution in [0.2, 0.25) is 5.15 Å². The van der Waals surface area contributed by atoms with E-state index in [0.717, 1.165) is 5.56 Å². The van der Waals surface area contributed by atoms with Gasteiger partial charge < -0.3 is 5.11 Å². The maximum absolute atomic E-state index is 8.53. The van der Waals surface area contributed by atoms with E-state index in [1.165, 1.54) is 6.20 Å². The van der Waals surface area contributed by atoms with E-state index in [2.05, 4.69) is 11.1 Å². The van der Waals surface area contributed by atoms with Gasteiger partial charge in [0, 0.05) is 44.5 Å². The second kappa shape index (κ2) is 5.19. The van der Waals surface area contributed by atoms with Crippen molar-refractivity contribution in [2.75, 3.05) is 0 Å². The third-order valence-corrected chi connectivity index (χ3v) is 1.11. The molecular weight excluding hydrogens is 226 g/mol. The number of hydrogen-bond acceptors (Lipinski definition) is 2. The molecule has 1 N–H and O–H groups in total. The summed E-state index contributed by atoms with van der Waals surface area (Å²) >= 11 is 5.42. The molecule has 0 saturated heterocycles. The van der Waals surface area contributed by atoms with E-state index in [4.69, 9.17) is 16.7 Å². The zero-order valence-corrected chi connectivity index (χ0v) is 8.81. The maximum atomic E-state index is 8.53. The van der Waals surface area contributed by atoms with Crippen LogP contribution in [0.5, 0.6) is 0 Å². The maximum Gasteiger partial charge on any atom is 0.0376 e. The quantitative estimate of drug-likeness (QED) is 0.578. The summed E-state index contributed by atoms with van der Waals surface area (Å²) in [7, 11) is 0. The minimum absolute atomic E-state index is 0. The van der Waals surface area contributed by atoms with Crippen LogP contribution in [-0.4, -0.2) is 10.1 Å². The number of halogens is 1. The van der Waals surface area contributed by atoms with E-state index in [1.807, 2.05) is 0 Å². The Morgan fingerprint density at radius 1 is 1.70 bits per heavy atom. The van der Waals surface area contributed by atoms with Gasteiger partial charge in [-0.15, -0.1) is 0 Å². The van der Waals surface area contributed by atoms with E-state index in [1.54, 1.807) is 6.07 Å². The van der Waals surface area contributed by atoms with Gasteiger partial charge >= 0.3 is 0 Å². The van der Waals surface area contributed by atoms with Crippen LogP contribution in [0.4, 0.5) is 0 Å². The van der Waals surface area contributed by atoms with Gasteiger partial charge in [-0.05, 0) is 6.20 Å². The van der Waals surface area contributed by atoms with Gasteiger partial charge in [0.15, 0.2) is 0 Å². The molecule has 4 heteroatoms. The fraction of sp³-hybridized carbons (Fsp3) is 0.167. The molecule has 1 rings (SSSR count). The number of aliphatic hydroxyl groups excluding tert-OH is 1. The third-order valence-electron chi connectivity index (χ3n) is 0.903. The van der Waals surface area contributed by atoms with Crippen molar-refractivity contribution in [2.45, 2.75) is 6.61 Å². The first kappa shape index (κ1) is 10.5. The van der Waals surface area contributed by atoms with Crippen molar-refractivity contribution in [3.05, 3.63) is 29.0 Å². The van der Waals surface area contributed by atoms with Crippen molar-refractivity contribution in [3.63, 3.8) is 0 Å². The topological polar surface area (TPSA) is 33.1 Å². The summed E-state index contributed by atoms with van der Waals surface area (Å²) in [5.41, 5.74) is 0.722. The Hall–Kier alpha value is 0.504. The summed E-state index contributed by atoms with van der Waals surface area (Å²) in [4.78, 5) is 3.70. The van der Waals surface area contributed by atoms with Gasteiger partial charge in [0.05, 0.1) is 0 Å². The summed E-state index contributed by atoms with van der Waals surface area (Å²) in [5, 5.41) is 8.85. The molecule has 0 aliphatic carbocycles. The number of rotatable bonds is 1. The Morgan fingerprint density at radius 2 is 2.40 bits per heavy atom. The molecule has 0 bridgehead atoms. The zero-order valence-electron chi connectivity index (χ0n) is 5.21. The summed E-state index contributed by atoms with van der Waals surface area (Å²) in [6.45, 7) is -0.0132. The average Bonchev–Trinajstić information content (AvgIpc) is 1.90. The summed E-state index contributed by atoms with van der Waals surface area (Å²) < 4.78 is 0. The molecule has 1 radical (unpaired) electrons. The second-order valence-corrected chi connectivity index (χ2v) is 1.93. The Labute approximate surface area is 89.5 Å². The molecule has 0 aliphatic heterocycles. The Bertz CT molecular complexity index is 189. The molecule has 1 heterocycles. The molecule has 0 spiro atoms. The van der Waals surface area contributed by atoms with Crippen molar-refractivity contribution < 1.29 is 37.8 Å². The van der Waals surface area contributed by atoms with Crippen LogP contribution in [0.15, 0.2) is 12.3 Å². The van der Waals surface area contributed by atoms with Crippen molar-refractivity contribution in [3.8, 4) is 0 Å². The van der Waals surface area contributed by atoms with Gasteiger partial charge in [0.2, 0.25) is 0 Å². The molecule has 1 aromatic rings. The van der Waals surface area contributed by atoms with Crippen LogP contribution in [0.1, 0.15) is 5.56 Å². The number of aromatic nitrogens is 1. The first-order valence-corrected chi connectivity index (χ1v) is 2.83. The van der Waals surface area contributed by atoms with Crippen LogP contribution < -0.4 is 0 Å². The Kier molecular flexibility index (Phi) is 5.46. The number of hydrogen-bond donors (Lipinski definition) is 1. The SMILES string of the molecule is OCc1c[c-]c(Cl)nc1.[Y]. The van der Waals surface area contributed by atoms with Gasteiger partial charge in [-0.2, -0.15) is 5.56 Å². The van der Waals surface area contributed by atoms with Crippen molar-refractivity contribution in [1.29, 1.82) is 0 Å². The summed E-state index contributed by atoms with van der Waals surface area (Å²) in [6.07, 6.45) is 1.51.